The smallest absolute Gasteiger partial charge is 0.265 e. The van der Waals surface area contributed by atoms with Gasteiger partial charge in [0.25, 0.3) is 22.2 Å². The molecule has 0 unspecified atom stereocenters. The van der Waals surface area contributed by atoms with Crippen molar-refractivity contribution in [2.75, 3.05) is 51.1 Å². The average molecular weight is 803 g/mol. The second-order valence-electron chi connectivity index (χ2n) is 14.0. The van der Waals surface area contributed by atoms with Gasteiger partial charge in [0.1, 0.15) is 11.5 Å². The molecule has 0 amide bonds. The molecule has 0 aliphatic heterocycles. The number of anilines is 2. The highest BCUT2D eigenvalue weighted by Crippen LogP contribution is 2.35. The number of aromatic nitrogens is 2. The van der Waals surface area contributed by atoms with Crippen molar-refractivity contribution >= 4 is 76.0 Å². The Morgan fingerprint density at radius 2 is 0.695 bits per heavy atom. The Morgan fingerprint density at radius 1 is 0.407 bits per heavy atom. The molecule has 17 heteroatoms. The summed E-state index contributed by atoms with van der Waals surface area (Å²) in [6.07, 6.45) is 0.453. The molecule has 2 heterocycles. The molecule has 0 atom stereocenters. The summed E-state index contributed by atoms with van der Waals surface area (Å²) in [6, 6.07) is 12.0. The van der Waals surface area contributed by atoms with E-state index < -0.39 is 77.0 Å². The maximum absolute atomic E-state index is 13.3. The van der Waals surface area contributed by atoms with Gasteiger partial charge in [0.2, 0.25) is 0 Å². The number of ether oxygens (including phenoxy) is 3. The number of rotatable bonds is 14. The fourth-order valence-corrected chi connectivity index (χ4v) is 7.91. The summed E-state index contributed by atoms with van der Waals surface area (Å²) in [5.74, 6) is -1.51. The van der Waals surface area contributed by atoms with Gasteiger partial charge in [0.15, 0.2) is 21.7 Å². The topological polar surface area (TPSA) is 267 Å². The number of nitrogens with two attached hydrogens (primary N) is 2. The number of hydrogen-bond donors (Lipinski definition) is 4. The number of nitrogens with zero attached hydrogens (tertiary/aromatic N) is 2. The summed E-state index contributed by atoms with van der Waals surface area (Å²) in [6.45, 7) is 0.846. The van der Waals surface area contributed by atoms with Crippen LogP contribution in [0.4, 0.5) is 11.4 Å². The highest BCUT2D eigenvalue weighted by Gasteiger charge is 2.28. The van der Waals surface area contributed by atoms with Crippen molar-refractivity contribution < 1.29 is 24.4 Å². The lowest BCUT2D eigenvalue weighted by atomic mass is 9.97. The molecule has 17 nitrogen and oxygen atoms in total. The summed E-state index contributed by atoms with van der Waals surface area (Å²) in [5.41, 5.74) is 5.89. The van der Waals surface area contributed by atoms with Gasteiger partial charge < -0.3 is 35.9 Å². The molecule has 0 saturated heterocycles. The maximum Gasteiger partial charge on any atom is 0.265 e. The van der Waals surface area contributed by atoms with Crippen LogP contribution in [0.25, 0.3) is 64.6 Å². The van der Waals surface area contributed by atoms with Crippen LogP contribution in [0.5, 0.6) is 11.5 Å². The molecule has 6 aromatic carbocycles. The quantitative estimate of drug-likeness (QED) is 0.0516. The first-order valence-electron chi connectivity index (χ1n) is 18.6. The van der Waals surface area contributed by atoms with Crippen LogP contribution in [0, 0.1) is 0 Å². The zero-order chi connectivity index (χ0) is 41.9. The lowest BCUT2D eigenvalue weighted by Gasteiger charge is -2.07. The van der Waals surface area contributed by atoms with Crippen LogP contribution < -0.4 is 55.4 Å². The minimum absolute atomic E-state index is 0.0579. The van der Waals surface area contributed by atoms with Gasteiger partial charge in [-0.3, -0.25) is 47.5 Å². The van der Waals surface area contributed by atoms with Gasteiger partial charge in [-0.05, 0) is 12.8 Å². The maximum atomic E-state index is 13.3. The fourth-order valence-electron chi connectivity index (χ4n) is 7.91. The minimum atomic E-state index is -0.840. The Morgan fingerprint density at radius 3 is 1.03 bits per heavy atom. The second-order valence-corrected chi connectivity index (χ2v) is 14.0. The number of nitrogen functional groups attached to an aromatic ring is 2. The van der Waals surface area contributed by atoms with Crippen molar-refractivity contribution in [3.8, 4) is 11.5 Å². The minimum Gasteiger partial charge on any atom is -0.506 e. The Labute approximate surface area is 328 Å². The molecular formula is C42H34N4O13. The number of hydrogen-bond acceptors (Lipinski definition) is 15. The lowest BCUT2D eigenvalue weighted by molar-refractivity contribution is 0.0128. The van der Waals surface area contributed by atoms with Crippen molar-refractivity contribution in [1.82, 2.24) is 9.13 Å². The molecule has 8 aromatic rings. The molecule has 0 aliphatic carbocycles. The SMILES string of the molecule is Nc1c2c(=O)c3ccccc3c(=O)c2c(O)c2c(=O)n(CCCOCCOCCOCCCn3c(=O)c4c(N)c5c(=O)c6ccccc6c(=O)c5c(O)c4c3=O)c(=O)c12. The van der Waals surface area contributed by atoms with Gasteiger partial charge in [-0.2, -0.15) is 0 Å². The predicted molar refractivity (Wildman–Crippen MR) is 223 cm³/mol. The standard InChI is InChI=1S/C42H34N4O13/c43-31-23-27(35(49)21-9-3-1-7-19(21)33(23)47)37(51)29-25(31)39(53)45(41(29)55)11-5-13-57-15-17-59-18-16-58-14-6-12-46-40(54)26-30(42(46)56)38(52)28-24(32(26)44)34(48)20-8-2-4-10-22(20)36(28)50/h1-4,7-10,51-52H,5-6,11-18,43-44H2. The summed E-state index contributed by atoms with van der Waals surface area (Å²) in [4.78, 5) is 106. The van der Waals surface area contributed by atoms with E-state index >= 15 is 0 Å². The zero-order valence-corrected chi connectivity index (χ0v) is 31.1. The summed E-state index contributed by atoms with van der Waals surface area (Å²) >= 11 is 0. The highest BCUT2D eigenvalue weighted by atomic mass is 16.5. The van der Waals surface area contributed by atoms with E-state index in [0.29, 0.717) is 0 Å². The molecule has 8 rings (SSSR count). The normalized spacial score (nSPS) is 12.1. The third-order valence-electron chi connectivity index (χ3n) is 10.7. The summed E-state index contributed by atoms with van der Waals surface area (Å²) in [7, 11) is 0. The van der Waals surface area contributed by atoms with Crippen LogP contribution in [-0.4, -0.2) is 59.0 Å². The van der Waals surface area contributed by atoms with Crippen molar-refractivity contribution in [2.24, 2.45) is 0 Å². The Bertz CT molecular complexity index is 3060. The third kappa shape index (κ3) is 5.97. The van der Waals surface area contributed by atoms with Crippen molar-refractivity contribution in [3.05, 3.63) is 131 Å². The molecule has 300 valence electrons. The average Bonchev–Trinajstić information content (AvgIpc) is 3.64. The number of phenols is 2. The van der Waals surface area contributed by atoms with E-state index in [4.69, 9.17) is 25.7 Å². The van der Waals surface area contributed by atoms with E-state index in [9.17, 15) is 48.6 Å². The molecule has 2 aromatic heterocycles. The van der Waals surface area contributed by atoms with Crippen LogP contribution in [-0.2, 0) is 27.3 Å². The van der Waals surface area contributed by atoms with Crippen LogP contribution in [0.2, 0.25) is 0 Å². The zero-order valence-electron chi connectivity index (χ0n) is 31.1. The summed E-state index contributed by atoms with van der Waals surface area (Å²) in [5, 5.41) is 19.4. The second kappa shape index (κ2) is 15.0. The van der Waals surface area contributed by atoms with Crippen molar-refractivity contribution in [3.63, 3.8) is 0 Å². The van der Waals surface area contributed by atoms with Gasteiger partial charge in [0.05, 0.1) is 80.9 Å². The fraction of sp³-hybridized carbons (Fsp3) is 0.238. The van der Waals surface area contributed by atoms with Crippen LogP contribution >= 0.6 is 0 Å². The highest BCUT2D eigenvalue weighted by molar-refractivity contribution is 6.18. The molecule has 6 N–H and O–H groups in total. The van der Waals surface area contributed by atoms with E-state index in [0.717, 1.165) is 9.13 Å². The molecule has 59 heavy (non-hydrogen) atoms. The van der Waals surface area contributed by atoms with Gasteiger partial charge in [0, 0.05) is 47.8 Å². The lowest BCUT2D eigenvalue weighted by Crippen LogP contribution is -2.26. The molecule has 0 bridgehead atoms. The molecule has 0 aliphatic rings. The van der Waals surface area contributed by atoms with Crippen LogP contribution in [0.3, 0.4) is 0 Å². The summed E-state index contributed by atoms with van der Waals surface area (Å²) < 4.78 is 18.4. The van der Waals surface area contributed by atoms with Crippen LogP contribution in [0.15, 0.2) is 86.9 Å². The molecule has 0 fully saturated rings. The largest absolute Gasteiger partial charge is 0.506 e. The molecule has 0 saturated carbocycles. The van der Waals surface area contributed by atoms with Gasteiger partial charge in [-0.25, -0.2) is 0 Å². The molecule has 0 spiro atoms. The van der Waals surface area contributed by atoms with Gasteiger partial charge in [-0.15, -0.1) is 0 Å². The third-order valence-corrected chi connectivity index (χ3v) is 10.7. The van der Waals surface area contributed by atoms with Gasteiger partial charge >= 0.3 is 0 Å². The number of phenolic OH excluding ortho intramolecular Hbond substituents is 2. The van der Waals surface area contributed by atoms with E-state index in [1.807, 2.05) is 0 Å². The first-order chi connectivity index (χ1) is 28.4. The van der Waals surface area contributed by atoms with E-state index in [1.165, 1.54) is 24.3 Å². The predicted octanol–water partition coefficient (Wildman–Crippen LogP) is 0.947. The first-order valence-corrected chi connectivity index (χ1v) is 18.6. The van der Waals surface area contributed by atoms with E-state index in [2.05, 4.69) is 0 Å². The Kier molecular flexibility index (Phi) is 9.87. The number of aromatic hydroxyl groups is 2. The van der Waals surface area contributed by atoms with E-state index in [-0.39, 0.29) is 120 Å². The first kappa shape index (κ1) is 38.8. The molecule has 0 radical (unpaired) electrons. The number of benzene rings is 6. The Hall–Kier alpha value is -7.08. The monoisotopic (exact) mass is 802 g/mol. The van der Waals surface area contributed by atoms with E-state index in [1.54, 1.807) is 24.3 Å². The van der Waals surface area contributed by atoms with Crippen molar-refractivity contribution in [2.45, 2.75) is 25.9 Å². The van der Waals surface area contributed by atoms with Crippen LogP contribution in [0.1, 0.15) is 12.8 Å². The molecular weight excluding hydrogens is 768 g/mol. The Balaban J connectivity index is 0.814. The van der Waals surface area contributed by atoms with Crippen molar-refractivity contribution in [1.29, 1.82) is 0 Å². The van der Waals surface area contributed by atoms with Gasteiger partial charge in [-0.1, -0.05) is 48.5 Å². The number of fused-ring (bicyclic) bond motifs is 6.